The van der Waals surface area contributed by atoms with Crippen molar-refractivity contribution in [1.82, 2.24) is 14.7 Å². The van der Waals surface area contributed by atoms with Crippen molar-refractivity contribution in [2.24, 2.45) is 0 Å². The Kier molecular flexibility index (Phi) is 5.20. The van der Waals surface area contributed by atoms with Crippen LogP contribution in [0.25, 0.3) is 15.9 Å². The molecule has 1 amide bonds. The zero-order valence-electron chi connectivity index (χ0n) is 17.5. The minimum atomic E-state index is 0.0992. The first-order chi connectivity index (χ1) is 15.0. The number of anilines is 1. The lowest BCUT2D eigenvalue weighted by Crippen LogP contribution is -2.48. The molecule has 3 heterocycles. The van der Waals surface area contributed by atoms with E-state index >= 15 is 0 Å². The number of piperazine rings is 1. The van der Waals surface area contributed by atoms with Gasteiger partial charge in [0, 0.05) is 42.3 Å². The summed E-state index contributed by atoms with van der Waals surface area (Å²) in [6.45, 7) is 7.06. The third-order valence-corrected chi connectivity index (χ3v) is 7.08. The van der Waals surface area contributed by atoms with E-state index in [0.717, 1.165) is 50.3 Å². The molecule has 1 saturated heterocycles. The first-order valence-corrected chi connectivity index (χ1v) is 11.5. The lowest BCUT2D eigenvalue weighted by Gasteiger charge is -2.36. The zero-order chi connectivity index (χ0) is 21.5. The monoisotopic (exact) mass is 450 g/mol. The van der Waals surface area contributed by atoms with Crippen LogP contribution in [0, 0.1) is 13.8 Å². The fourth-order valence-corrected chi connectivity index (χ4v) is 5.42. The summed E-state index contributed by atoms with van der Waals surface area (Å²) in [6.07, 6.45) is 0. The SMILES string of the molecule is Cc1cccc(-n2nc(C)c3cc(C(=O)N4CCN(c5cccc(Cl)c5)CC4)sc32)c1. The van der Waals surface area contributed by atoms with Crippen molar-refractivity contribution in [2.45, 2.75) is 13.8 Å². The first kappa shape index (κ1) is 20.1. The van der Waals surface area contributed by atoms with E-state index in [1.165, 1.54) is 16.9 Å². The number of aryl methyl sites for hydroxylation is 2. The van der Waals surface area contributed by atoms with E-state index < -0.39 is 0 Å². The molecule has 0 bridgehead atoms. The van der Waals surface area contributed by atoms with Crippen molar-refractivity contribution in [3.63, 3.8) is 0 Å². The second-order valence-electron chi connectivity index (χ2n) is 7.92. The summed E-state index contributed by atoms with van der Waals surface area (Å²) in [6, 6.07) is 18.2. The highest BCUT2D eigenvalue weighted by Gasteiger charge is 2.25. The third kappa shape index (κ3) is 3.82. The molecule has 1 fully saturated rings. The maximum Gasteiger partial charge on any atom is 0.264 e. The van der Waals surface area contributed by atoms with E-state index in [1.807, 2.05) is 46.8 Å². The van der Waals surface area contributed by atoms with Crippen molar-refractivity contribution in [3.05, 3.63) is 75.8 Å². The minimum absolute atomic E-state index is 0.0992. The topological polar surface area (TPSA) is 41.4 Å². The van der Waals surface area contributed by atoms with Gasteiger partial charge in [-0.15, -0.1) is 11.3 Å². The number of carbonyl (C=O) groups is 1. The fourth-order valence-electron chi connectivity index (χ4n) is 4.08. The molecule has 5 rings (SSSR count). The van der Waals surface area contributed by atoms with E-state index in [2.05, 4.69) is 36.1 Å². The van der Waals surface area contributed by atoms with E-state index in [0.29, 0.717) is 13.1 Å². The van der Waals surface area contributed by atoms with Gasteiger partial charge in [0.05, 0.1) is 16.3 Å². The summed E-state index contributed by atoms with van der Waals surface area (Å²) in [5.41, 5.74) is 4.26. The Morgan fingerprint density at radius 2 is 1.71 bits per heavy atom. The summed E-state index contributed by atoms with van der Waals surface area (Å²) >= 11 is 7.66. The highest BCUT2D eigenvalue weighted by molar-refractivity contribution is 7.20. The van der Waals surface area contributed by atoms with Gasteiger partial charge in [0.1, 0.15) is 4.83 Å². The number of amides is 1. The first-order valence-electron chi connectivity index (χ1n) is 10.4. The maximum atomic E-state index is 13.2. The van der Waals surface area contributed by atoms with Crippen LogP contribution in [0.2, 0.25) is 5.02 Å². The van der Waals surface area contributed by atoms with Crippen molar-refractivity contribution in [1.29, 1.82) is 0 Å². The number of benzene rings is 2. The highest BCUT2D eigenvalue weighted by atomic mass is 35.5. The number of halogens is 1. The zero-order valence-corrected chi connectivity index (χ0v) is 19.1. The Balaban J connectivity index is 1.37. The van der Waals surface area contributed by atoms with Gasteiger partial charge in [-0.2, -0.15) is 5.10 Å². The molecule has 4 aromatic rings. The number of rotatable bonds is 3. The summed E-state index contributed by atoms with van der Waals surface area (Å²) in [5, 5.41) is 6.49. The van der Waals surface area contributed by atoms with Crippen LogP contribution in [0.5, 0.6) is 0 Å². The Labute approximate surface area is 190 Å². The van der Waals surface area contributed by atoms with Crippen LogP contribution in [0.3, 0.4) is 0 Å². The number of nitrogens with zero attached hydrogens (tertiary/aromatic N) is 4. The molecule has 5 nitrogen and oxygen atoms in total. The molecule has 0 atom stereocenters. The van der Waals surface area contributed by atoms with Crippen molar-refractivity contribution >= 4 is 44.7 Å². The molecule has 0 radical (unpaired) electrons. The number of thiophene rings is 1. The van der Waals surface area contributed by atoms with Crippen molar-refractivity contribution in [3.8, 4) is 5.69 Å². The third-order valence-electron chi connectivity index (χ3n) is 5.74. The van der Waals surface area contributed by atoms with E-state index in [4.69, 9.17) is 16.7 Å². The Bertz CT molecular complexity index is 1270. The Morgan fingerprint density at radius 1 is 0.968 bits per heavy atom. The largest absolute Gasteiger partial charge is 0.368 e. The molecule has 7 heteroatoms. The summed E-state index contributed by atoms with van der Waals surface area (Å²) < 4.78 is 1.95. The Hall–Kier alpha value is -2.83. The van der Waals surface area contributed by atoms with Crippen molar-refractivity contribution in [2.75, 3.05) is 31.1 Å². The van der Waals surface area contributed by atoms with E-state index in [9.17, 15) is 4.79 Å². The molecular weight excluding hydrogens is 428 g/mol. The summed E-state index contributed by atoms with van der Waals surface area (Å²) in [5.74, 6) is 0.0992. The predicted molar refractivity (Wildman–Crippen MR) is 128 cm³/mol. The molecule has 0 saturated carbocycles. The quantitative estimate of drug-likeness (QED) is 0.424. The second kappa shape index (κ2) is 8.02. The lowest BCUT2D eigenvalue weighted by molar-refractivity contribution is 0.0751. The molecule has 0 N–H and O–H groups in total. The molecule has 2 aromatic heterocycles. The molecule has 158 valence electrons. The molecule has 2 aromatic carbocycles. The van der Waals surface area contributed by atoms with Gasteiger partial charge in [0.2, 0.25) is 0 Å². The fraction of sp³-hybridized carbons (Fsp3) is 0.250. The van der Waals surface area contributed by atoms with Crippen LogP contribution in [0.1, 0.15) is 20.9 Å². The number of carbonyl (C=O) groups excluding carboxylic acids is 1. The van der Waals surface area contributed by atoms with Crippen LogP contribution in [0.15, 0.2) is 54.6 Å². The lowest BCUT2D eigenvalue weighted by atomic mass is 10.2. The molecule has 0 unspecified atom stereocenters. The van der Waals surface area contributed by atoms with E-state index in [1.54, 1.807) is 0 Å². The minimum Gasteiger partial charge on any atom is -0.368 e. The van der Waals surface area contributed by atoms with Gasteiger partial charge in [-0.05, 0) is 55.8 Å². The number of hydrogen-bond acceptors (Lipinski definition) is 4. The van der Waals surface area contributed by atoms with Crippen LogP contribution < -0.4 is 4.90 Å². The van der Waals surface area contributed by atoms with Gasteiger partial charge in [-0.3, -0.25) is 4.79 Å². The van der Waals surface area contributed by atoms with Gasteiger partial charge >= 0.3 is 0 Å². The van der Waals surface area contributed by atoms with Gasteiger partial charge in [-0.25, -0.2) is 4.68 Å². The highest BCUT2D eigenvalue weighted by Crippen LogP contribution is 2.31. The maximum absolute atomic E-state index is 13.2. The van der Waals surface area contributed by atoms with Gasteiger partial charge in [0.25, 0.3) is 5.91 Å². The second-order valence-corrected chi connectivity index (χ2v) is 9.39. The average molecular weight is 451 g/mol. The summed E-state index contributed by atoms with van der Waals surface area (Å²) in [4.78, 5) is 19.3. The predicted octanol–water partition coefficient (Wildman–Crippen LogP) is 5.32. The normalized spacial score (nSPS) is 14.4. The van der Waals surface area contributed by atoms with Crippen molar-refractivity contribution < 1.29 is 4.79 Å². The smallest absolute Gasteiger partial charge is 0.264 e. The molecule has 31 heavy (non-hydrogen) atoms. The molecule has 0 spiro atoms. The molecule has 1 aliphatic heterocycles. The summed E-state index contributed by atoms with van der Waals surface area (Å²) in [7, 11) is 0. The Morgan fingerprint density at radius 3 is 2.45 bits per heavy atom. The van der Waals surface area contributed by atoms with Crippen LogP contribution in [0.4, 0.5) is 5.69 Å². The van der Waals surface area contributed by atoms with Gasteiger partial charge < -0.3 is 9.80 Å². The number of fused-ring (bicyclic) bond motifs is 1. The average Bonchev–Trinajstić information content (AvgIpc) is 3.34. The standard InChI is InChI=1S/C24H23ClN4OS/c1-16-5-3-8-20(13-16)29-24-21(17(2)26-29)15-22(31-24)23(30)28-11-9-27(10-12-28)19-7-4-6-18(25)14-19/h3-8,13-15H,9-12H2,1-2H3. The van der Waals surface area contributed by atoms with E-state index in [-0.39, 0.29) is 5.91 Å². The molecule has 1 aliphatic rings. The van der Waals surface area contributed by atoms with Gasteiger partial charge in [0.15, 0.2) is 0 Å². The molecule has 0 aliphatic carbocycles. The number of aromatic nitrogens is 2. The van der Waals surface area contributed by atoms with Gasteiger partial charge in [-0.1, -0.05) is 29.8 Å². The number of hydrogen-bond donors (Lipinski definition) is 0. The van der Waals surface area contributed by atoms with Crippen LogP contribution in [-0.2, 0) is 0 Å². The van der Waals surface area contributed by atoms with Crippen LogP contribution >= 0.6 is 22.9 Å². The van der Waals surface area contributed by atoms with Crippen LogP contribution in [-0.4, -0.2) is 46.8 Å². The molecular formula is C24H23ClN4OS.